The zero-order chi connectivity index (χ0) is 22.2. The predicted molar refractivity (Wildman–Crippen MR) is 109 cm³/mol. The molecule has 0 bridgehead atoms. The van der Waals surface area contributed by atoms with E-state index in [0.29, 0.717) is 19.3 Å². The Kier molecular flexibility index (Phi) is 9.78. The number of aliphatic imine (C=N–C) groups is 1. The molecule has 2 unspecified atom stereocenters. The van der Waals surface area contributed by atoms with Gasteiger partial charge in [-0.25, -0.2) is 14.6 Å². The molecule has 0 aromatic carbocycles. The van der Waals surface area contributed by atoms with E-state index in [1.54, 1.807) is 20.8 Å². The van der Waals surface area contributed by atoms with E-state index in [1.165, 1.54) is 7.11 Å². The Balaban J connectivity index is 2.65. The highest BCUT2D eigenvalue weighted by Crippen LogP contribution is 2.25. The number of hydrogen-bond acceptors (Lipinski definition) is 7. The fraction of sp³-hybridized carbons (Fsp3) is 0.765. The molecule has 2 amide bonds. The maximum Gasteiger partial charge on any atom is 0.408 e. The molecule has 0 aromatic rings. The van der Waals surface area contributed by atoms with Gasteiger partial charge in [0, 0.05) is 6.54 Å². The van der Waals surface area contributed by atoms with Gasteiger partial charge in [-0.2, -0.15) is 0 Å². The number of alkyl carbamates (subject to hydrolysis) is 1. The van der Waals surface area contributed by atoms with Crippen LogP contribution in [-0.4, -0.2) is 65.6 Å². The van der Waals surface area contributed by atoms with Crippen LogP contribution in [0.5, 0.6) is 0 Å². The number of nitrogens with zero attached hydrogens (tertiary/aromatic N) is 1. The van der Waals surface area contributed by atoms with Crippen LogP contribution in [0, 0.1) is 0 Å². The van der Waals surface area contributed by atoms with Crippen molar-refractivity contribution in [3.8, 4) is 0 Å². The molecule has 9 nitrogen and oxygen atoms in total. The Labute approximate surface area is 184 Å². The molecule has 0 saturated carbocycles. The average molecular weight is 475 g/mol. The Morgan fingerprint density at radius 3 is 2.45 bits per heavy atom. The summed E-state index contributed by atoms with van der Waals surface area (Å²) >= 11 is 16.4. The van der Waals surface area contributed by atoms with Crippen molar-refractivity contribution in [1.82, 2.24) is 10.6 Å². The summed E-state index contributed by atoms with van der Waals surface area (Å²) in [5.74, 6) is -1.02. The van der Waals surface area contributed by atoms with E-state index in [4.69, 9.17) is 44.3 Å². The molecule has 0 saturated heterocycles. The van der Waals surface area contributed by atoms with Crippen LogP contribution in [-0.2, 0) is 23.8 Å². The van der Waals surface area contributed by atoms with Gasteiger partial charge in [-0.05, 0) is 40.0 Å². The number of halogens is 3. The van der Waals surface area contributed by atoms with Crippen molar-refractivity contribution in [3.63, 3.8) is 0 Å². The number of alkyl halides is 3. The number of carbonyl (C=O) groups is 3. The zero-order valence-electron chi connectivity index (χ0n) is 16.7. The van der Waals surface area contributed by atoms with E-state index < -0.39 is 39.4 Å². The number of nitrogens with one attached hydrogen (secondary N) is 2. The van der Waals surface area contributed by atoms with Gasteiger partial charge >= 0.3 is 12.1 Å². The van der Waals surface area contributed by atoms with Gasteiger partial charge in [-0.15, -0.1) is 0 Å². The number of ether oxygens (including phenoxy) is 3. The summed E-state index contributed by atoms with van der Waals surface area (Å²) in [6.07, 6.45) is 0.911. The quantitative estimate of drug-likeness (QED) is 0.317. The molecule has 1 rings (SSSR count). The average Bonchev–Trinajstić information content (AvgIpc) is 3.07. The second-order valence-corrected chi connectivity index (χ2v) is 9.55. The lowest BCUT2D eigenvalue weighted by molar-refractivity contribution is -0.142. The zero-order valence-corrected chi connectivity index (χ0v) is 19.0. The molecule has 12 heteroatoms. The van der Waals surface area contributed by atoms with Crippen LogP contribution in [0.15, 0.2) is 4.99 Å². The van der Waals surface area contributed by atoms with Gasteiger partial charge in [0.05, 0.1) is 7.11 Å². The summed E-state index contributed by atoms with van der Waals surface area (Å²) in [6, 6.07) is -1.38. The molecule has 0 aromatic heterocycles. The smallest absolute Gasteiger partial charge is 0.408 e. The third kappa shape index (κ3) is 9.73. The fourth-order valence-corrected chi connectivity index (χ4v) is 2.52. The summed E-state index contributed by atoms with van der Waals surface area (Å²) in [7, 11) is 1.26. The van der Waals surface area contributed by atoms with Crippen molar-refractivity contribution >= 4 is 58.7 Å². The number of unbranched alkanes of at least 4 members (excludes halogenated alkanes) is 1. The maximum atomic E-state index is 12.1. The van der Waals surface area contributed by atoms with Gasteiger partial charge in [-0.3, -0.25) is 4.79 Å². The maximum absolute atomic E-state index is 12.1. The van der Waals surface area contributed by atoms with Gasteiger partial charge in [0.1, 0.15) is 18.2 Å². The molecule has 1 aliphatic heterocycles. The Morgan fingerprint density at radius 1 is 1.24 bits per heavy atom. The summed E-state index contributed by atoms with van der Waals surface area (Å²) in [6.45, 7) is 5.54. The molecular weight excluding hydrogens is 449 g/mol. The lowest BCUT2D eigenvalue weighted by atomic mass is 10.1. The van der Waals surface area contributed by atoms with Crippen LogP contribution in [0.3, 0.4) is 0 Å². The Morgan fingerprint density at radius 2 is 1.90 bits per heavy atom. The highest BCUT2D eigenvalue weighted by molar-refractivity contribution is 6.76. The van der Waals surface area contributed by atoms with Crippen LogP contribution in [0.4, 0.5) is 4.79 Å². The fourth-order valence-electron chi connectivity index (χ4n) is 2.32. The first-order chi connectivity index (χ1) is 13.3. The third-order valence-corrected chi connectivity index (χ3v) is 4.11. The van der Waals surface area contributed by atoms with E-state index in [0.717, 1.165) is 0 Å². The van der Waals surface area contributed by atoms with Gasteiger partial charge < -0.3 is 24.8 Å². The number of methoxy groups -OCH3 is 1. The molecule has 1 aliphatic rings. The molecule has 0 radical (unpaired) electrons. The largest absolute Gasteiger partial charge is 0.477 e. The summed E-state index contributed by atoms with van der Waals surface area (Å²) in [5, 5.41) is 5.20. The van der Waals surface area contributed by atoms with Gasteiger partial charge in [-0.1, -0.05) is 34.8 Å². The van der Waals surface area contributed by atoms with Gasteiger partial charge in [0.25, 0.3) is 9.70 Å². The summed E-state index contributed by atoms with van der Waals surface area (Å²) < 4.78 is 13.4. The summed E-state index contributed by atoms with van der Waals surface area (Å²) in [4.78, 5) is 39.5. The minimum absolute atomic E-state index is 0.0355. The normalized spacial score (nSPS) is 17.6. The molecule has 0 spiro atoms. The van der Waals surface area contributed by atoms with Crippen LogP contribution >= 0.6 is 34.8 Å². The predicted octanol–water partition coefficient (Wildman–Crippen LogP) is 2.51. The minimum atomic E-state index is -2.02. The van der Waals surface area contributed by atoms with E-state index in [-0.39, 0.29) is 19.0 Å². The van der Waals surface area contributed by atoms with E-state index >= 15 is 0 Å². The molecule has 0 aliphatic carbocycles. The first kappa shape index (κ1) is 25.6. The molecule has 1 heterocycles. The molecular formula is C17H26Cl3N3O6. The monoisotopic (exact) mass is 473 g/mol. The molecule has 29 heavy (non-hydrogen) atoms. The number of carbonyl (C=O) groups excluding carboxylic acids is 3. The molecule has 0 fully saturated rings. The lowest BCUT2D eigenvalue weighted by Crippen LogP contribution is -2.43. The van der Waals surface area contributed by atoms with Gasteiger partial charge in [0.2, 0.25) is 5.90 Å². The van der Waals surface area contributed by atoms with Crippen molar-refractivity contribution in [1.29, 1.82) is 0 Å². The van der Waals surface area contributed by atoms with Crippen molar-refractivity contribution in [2.75, 3.05) is 20.3 Å². The molecule has 2 atom stereocenters. The van der Waals surface area contributed by atoms with Gasteiger partial charge in [0.15, 0.2) is 6.04 Å². The van der Waals surface area contributed by atoms with Crippen LogP contribution in [0.2, 0.25) is 0 Å². The van der Waals surface area contributed by atoms with Crippen LogP contribution in [0.25, 0.3) is 0 Å². The third-order valence-electron chi connectivity index (χ3n) is 3.60. The van der Waals surface area contributed by atoms with E-state index in [9.17, 15) is 14.4 Å². The van der Waals surface area contributed by atoms with Crippen LogP contribution < -0.4 is 10.6 Å². The number of hydrogen-bond donors (Lipinski definition) is 2. The van der Waals surface area contributed by atoms with Crippen molar-refractivity contribution in [2.24, 2.45) is 4.99 Å². The van der Waals surface area contributed by atoms with Crippen LogP contribution in [0.1, 0.15) is 40.0 Å². The van der Waals surface area contributed by atoms with E-state index in [2.05, 4.69) is 20.4 Å². The Bertz CT molecular complexity index is 631. The summed E-state index contributed by atoms with van der Waals surface area (Å²) in [5.41, 5.74) is -0.678. The number of amides is 2. The second kappa shape index (κ2) is 11.1. The highest BCUT2D eigenvalue weighted by Gasteiger charge is 2.33. The standard InChI is InChI=1S/C17H26Cl3N3O6/c1-16(2,3)29-15(26)23-10(12-22-11(9-28-12)13(24)27-4)7-5-6-8-21-14(25)17(18,19)20/h10-11H,5-9H2,1-4H3,(H,21,25)(H,23,26). The van der Waals surface area contributed by atoms with Crippen molar-refractivity contribution in [2.45, 2.75) is 61.5 Å². The minimum Gasteiger partial charge on any atom is -0.477 e. The lowest BCUT2D eigenvalue weighted by Gasteiger charge is -2.23. The molecule has 2 N–H and O–H groups in total. The first-order valence-corrected chi connectivity index (χ1v) is 10.1. The SMILES string of the molecule is COC(=O)C1COC(C(CCCCNC(=O)C(Cl)(Cl)Cl)NC(=O)OC(C)(C)C)=N1. The number of esters is 1. The Hall–Kier alpha value is -1.45. The topological polar surface area (TPSA) is 115 Å². The molecule has 166 valence electrons. The highest BCUT2D eigenvalue weighted by atomic mass is 35.6. The van der Waals surface area contributed by atoms with Crippen molar-refractivity contribution in [3.05, 3.63) is 0 Å². The number of rotatable bonds is 8. The van der Waals surface area contributed by atoms with Crippen molar-refractivity contribution < 1.29 is 28.6 Å². The van der Waals surface area contributed by atoms with E-state index in [1.807, 2.05) is 0 Å². The second-order valence-electron chi connectivity index (χ2n) is 7.27. The first-order valence-electron chi connectivity index (χ1n) is 8.96.